The number of fused-ring (bicyclic) bond motifs is 2. The number of carbonyl (C=O) groups excluding carboxylic acids is 2. The predicted molar refractivity (Wildman–Crippen MR) is 154 cm³/mol. The number of benzene rings is 1. The molecule has 0 fully saturated rings. The van der Waals surface area contributed by atoms with Gasteiger partial charge in [0, 0.05) is 19.3 Å². The fraction of sp³-hybridized carbons (Fsp3) is 0.407. The Morgan fingerprint density at radius 1 is 1.26 bits per heavy atom. The standard InChI is InChI=1S/C27H27ClF3N5O5S2/c1-14(2)13-41-22(37)12-36-5-6-43(39,40)21-9-20(42-24(21)25(36)38)23-17(27(29,30)31)11-33-26(35-23)34-19-8-16-10-32-4-3-15(16)7-18(19)28/h7-9,11,14,32H,3-6,10,12-13H2,1-2H3,(H,33,34,35). The minimum atomic E-state index is -4.89. The minimum absolute atomic E-state index is 0.0472. The molecule has 0 unspecified atom stereocenters. The van der Waals surface area contributed by atoms with E-state index in [9.17, 15) is 31.2 Å². The lowest BCUT2D eigenvalue weighted by atomic mass is 10.0. The highest BCUT2D eigenvalue weighted by Crippen LogP contribution is 2.42. The summed E-state index contributed by atoms with van der Waals surface area (Å²) in [6.07, 6.45) is -3.52. The zero-order valence-corrected chi connectivity index (χ0v) is 25.4. The number of carbonyl (C=O) groups is 2. The number of halogens is 4. The second kappa shape index (κ2) is 12.0. The van der Waals surface area contributed by atoms with E-state index in [2.05, 4.69) is 20.6 Å². The first kappa shape index (κ1) is 31.2. The van der Waals surface area contributed by atoms with Crippen LogP contribution in [-0.4, -0.2) is 67.2 Å². The van der Waals surface area contributed by atoms with Crippen LogP contribution in [0, 0.1) is 5.92 Å². The number of aromatic nitrogens is 2. The van der Waals surface area contributed by atoms with Crippen LogP contribution in [0.5, 0.6) is 0 Å². The van der Waals surface area contributed by atoms with Gasteiger partial charge in [-0.3, -0.25) is 9.59 Å². The first-order chi connectivity index (χ1) is 20.2. The highest BCUT2D eigenvalue weighted by molar-refractivity contribution is 7.91. The Hall–Kier alpha value is -3.27. The number of ether oxygens (including phenoxy) is 1. The molecule has 3 aromatic rings. The molecule has 230 valence electrons. The molecule has 2 aromatic heterocycles. The Balaban J connectivity index is 1.52. The fourth-order valence-electron chi connectivity index (χ4n) is 4.62. The van der Waals surface area contributed by atoms with E-state index in [-0.39, 0.29) is 34.8 Å². The van der Waals surface area contributed by atoms with Gasteiger partial charge in [-0.15, -0.1) is 11.3 Å². The quantitative estimate of drug-likeness (QED) is 0.348. The molecule has 43 heavy (non-hydrogen) atoms. The molecule has 0 radical (unpaired) electrons. The zero-order chi connectivity index (χ0) is 31.1. The molecule has 4 heterocycles. The predicted octanol–water partition coefficient (Wildman–Crippen LogP) is 4.70. The van der Waals surface area contributed by atoms with Crippen molar-refractivity contribution < 1.29 is 35.9 Å². The third kappa shape index (κ3) is 6.79. The molecule has 0 bridgehead atoms. The van der Waals surface area contributed by atoms with Gasteiger partial charge in [0.25, 0.3) is 5.91 Å². The van der Waals surface area contributed by atoms with E-state index in [1.54, 1.807) is 12.1 Å². The van der Waals surface area contributed by atoms with E-state index >= 15 is 0 Å². The molecule has 0 spiro atoms. The number of hydrogen-bond acceptors (Lipinski definition) is 10. The van der Waals surface area contributed by atoms with Crippen molar-refractivity contribution in [2.24, 2.45) is 5.92 Å². The van der Waals surface area contributed by atoms with E-state index in [1.165, 1.54) is 0 Å². The molecular weight excluding hydrogens is 631 g/mol. The highest BCUT2D eigenvalue weighted by atomic mass is 35.5. The Morgan fingerprint density at radius 2 is 2.02 bits per heavy atom. The third-order valence-corrected chi connectivity index (χ3v) is 10.1. The number of nitrogens with one attached hydrogen (secondary N) is 2. The Bertz CT molecular complexity index is 1690. The van der Waals surface area contributed by atoms with E-state index in [0.717, 1.165) is 35.1 Å². The van der Waals surface area contributed by atoms with Crippen LogP contribution in [0.2, 0.25) is 5.02 Å². The van der Waals surface area contributed by atoms with Gasteiger partial charge in [0.05, 0.1) is 38.5 Å². The van der Waals surface area contributed by atoms with Crippen molar-refractivity contribution in [3.05, 3.63) is 51.0 Å². The second-order valence-corrected chi connectivity index (χ2v) is 14.1. The van der Waals surface area contributed by atoms with Crippen LogP contribution in [0.4, 0.5) is 24.8 Å². The second-order valence-electron chi connectivity index (χ2n) is 10.5. The number of hydrogen-bond donors (Lipinski definition) is 2. The maximum Gasteiger partial charge on any atom is 0.420 e. The molecule has 10 nitrogen and oxygen atoms in total. The summed E-state index contributed by atoms with van der Waals surface area (Å²) >= 11 is 6.98. The third-order valence-electron chi connectivity index (χ3n) is 6.79. The van der Waals surface area contributed by atoms with Gasteiger partial charge in [0.1, 0.15) is 17.0 Å². The molecule has 1 amide bonds. The molecule has 5 rings (SSSR count). The van der Waals surface area contributed by atoms with Crippen molar-refractivity contribution in [2.75, 3.05) is 37.3 Å². The van der Waals surface area contributed by atoms with Gasteiger partial charge in [0.15, 0.2) is 9.84 Å². The molecule has 0 saturated carbocycles. The maximum atomic E-state index is 14.1. The van der Waals surface area contributed by atoms with Gasteiger partial charge >= 0.3 is 12.1 Å². The number of sulfone groups is 1. The van der Waals surface area contributed by atoms with Gasteiger partial charge < -0.3 is 20.3 Å². The van der Waals surface area contributed by atoms with Crippen molar-refractivity contribution in [2.45, 2.75) is 37.9 Å². The number of alkyl halides is 3. The summed E-state index contributed by atoms with van der Waals surface area (Å²) in [7, 11) is -4.08. The molecule has 0 saturated heterocycles. The lowest BCUT2D eigenvalue weighted by molar-refractivity contribution is -0.145. The van der Waals surface area contributed by atoms with Crippen LogP contribution in [0.3, 0.4) is 0 Å². The van der Waals surface area contributed by atoms with Crippen LogP contribution in [0.1, 0.15) is 40.2 Å². The number of esters is 1. The monoisotopic (exact) mass is 657 g/mol. The fourth-order valence-corrected chi connectivity index (χ4v) is 7.81. The maximum absolute atomic E-state index is 14.1. The normalized spacial score (nSPS) is 16.4. The van der Waals surface area contributed by atoms with Crippen molar-refractivity contribution in [1.82, 2.24) is 20.2 Å². The van der Waals surface area contributed by atoms with E-state index in [1.807, 2.05) is 13.8 Å². The smallest absolute Gasteiger partial charge is 0.420 e. The number of rotatable bonds is 7. The summed E-state index contributed by atoms with van der Waals surface area (Å²) < 4.78 is 73.6. The van der Waals surface area contributed by atoms with Crippen LogP contribution < -0.4 is 10.6 Å². The molecule has 2 aliphatic rings. The van der Waals surface area contributed by atoms with Crippen LogP contribution in [-0.2, 0) is 38.5 Å². The summed E-state index contributed by atoms with van der Waals surface area (Å²) in [5.41, 5.74) is 0.582. The van der Waals surface area contributed by atoms with Gasteiger partial charge in [0.2, 0.25) is 5.95 Å². The van der Waals surface area contributed by atoms with E-state index in [0.29, 0.717) is 34.8 Å². The number of anilines is 2. The zero-order valence-electron chi connectivity index (χ0n) is 23.0. The molecule has 2 N–H and O–H groups in total. The van der Waals surface area contributed by atoms with Gasteiger partial charge in [-0.2, -0.15) is 13.2 Å². The summed E-state index contributed by atoms with van der Waals surface area (Å²) in [5.74, 6) is -2.20. The average Bonchev–Trinajstić information content (AvgIpc) is 3.37. The van der Waals surface area contributed by atoms with Crippen molar-refractivity contribution >= 4 is 56.3 Å². The molecule has 0 atom stereocenters. The molecule has 0 aliphatic carbocycles. The summed E-state index contributed by atoms with van der Waals surface area (Å²) in [6, 6.07) is 4.57. The van der Waals surface area contributed by atoms with E-state index in [4.69, 9.17) is 16.3 Å². The lowest BCUT2D eigenvalue weighted by Gasteiger charge is -2.19. The lowest BCUT2D eigenvalue weighted by Crippen LogP contribution is -2.37. The van der Waals surface area contributed by atoms with Gasteiger partial charge in [-0.05, 0) is 48.2 Å². The topological polar surface area (TPSA) is 131 Å². The molecule has 2 aliphatic heterocycles. The van der Waals surface area contributed by atoms with Crippen LogP contribution in [0.25, 0.3) is 10.6 Å². The molecular formula is C27H27ClF3N5O5S2. The first-order valence-electron chi connectivity index (χ1n) is 13.3. The van der Waals surface area contributed by atoms with Crippen LogP contribution in [0.15, 0.2) is 29.3 Å². The number of amides is 1. The number of thiophene rings is 1. The highest BCUT2D eigenvalue weighted by Gasteiger charge is 2.39. The Labute approximate surface area is 254 Å². The van der Waals surface area contributed by atoms with Crippen molar-refractivity contribution in [3.63, 3.8) is 0 Å². The SMILES string of the molecule is CC(C)COC(=O)CN1CCS(=O)(=O)c2cc(-c3nc(Nc4cc5c(cc4Cl)CCNC5)ncc3C(F)(F)F)sc2C1=O. The minimum Gasteiger partial charge on any atom is -0.464 e. The average molecular weight is 658 g/mol. The van der Waals surface area contributed by atoms with Gasteiger partial charge in [-0.1, -0.05) is 25.4 Å². The van der Waals surface area contributed by atoms with Crippen LogP contribution >= 0.6 is 22.9 Å². The summed E-state index contributed by atoms with van der Waals surface area (Å²) in [6.45, 7) is 4.39. The molecule has 1 aromatic carbocycles. The van der Waals surface area contributed by atoms with Gasteiger partial charge in [-0.25, -0.2) is 18.4 Å². The van der Waals surface area contributed by atoms with Crippen molar-refractivity contribution in [3.8, 4) is 10.6 Å². The van der Waals surface area contributed by atoms with Crippen molar-refractivity contribution in [1.29, 1.82) is 0 Å². The Kier molecular flexibility index (Phi) is 8.71. The Morgan fingerprint density at radius 3 is 2.74 bits per heavy atom. The van der Waals surface area contributed by atoms with E-state index < -0.39 is 56.3 Å². The molecule has 16 heteroatoms. The largest absolute Gasteiger partial charge is 0.464 e. The first-order valence-corrected chi connectivity index (χ1v) is 16.1. The summed E-state index contributed by atoms with van der Waals surface area (Å²) in [5, 5.41) is 6.43. The number of nitrogens with zero attached hydrogens (tertiary/aromatic N) is 3. The summed E-state index contributed by atoms with van der Waals surface area (Å²) in [4.78, 5) is 33.7.